The van der Waals surface area contributed by atoms with Gasteiger partial charge in [0.15, 0.2) is 5.96 Å². The number of hydrogen-bond acceptors (Lipinski definition) is 3. The smallest absolute Gasteiger partial charge is 0.227 e. The lowest BCUT2D eigenvalue weighted by molar-refractivity contribution is -0.117. The van der Waals surface area contributed by atoms with Crippen molar-refractivity contribution in [1.29, 1.82) is 0 Å². The molecule has 1 saturated heterocycles. The minimum absolute atomic E-state index is 0. The maximum absolute atomic E-state index is 11.9. The molecule has 1 aliphatic rings. The first-order valence-corrected chi connectivity index (χ1v) is 11.1. The Bertz CT molecular complexity index is 897. The molecule has 2 aromatic rings. The normalized spacial score (nSPS) is 14.1. The Hall–Kier alpha value is -2.13. The predicted molar refractivity (Wildman–Crippen MR) is 144 cm³/mol. The SMILES string of the molecule is CN=C(NCc1ccc(N2CCCC2=O)cc1)NCc1ccccc1CN(C)C(C)C.I. The van der Waals surface area contributed by atoms with E-state index in [2.05, 4.69) is 77.8 Å². The number of amides is 1. The van der Waals surface area contributed by atoms with E-state index in [4.69, 9.17) is 0 Å². The predicted octanol–water partition coefficient (Wildman–Crippen LogP) is 4.14. The second-order valence-corrected chi connectivity index (χ2v) is 8.37. The second kappa shape index (κ2) is 12.8. The standard InChI is InChI=1S/C25H35N5O.HI/c1-19(2)29(4)18-22-9-6-5-8-21(22)17-28-25(26-3)27-16-20-11-13-23(14-12-20)30-15-7-10-24(30)31;/h5-6,8-9,11-14,19H,7,10,15-18H2,1-4H3,(H2,26,27,28);1H. The first-order chi connectivity index (χ1) is 15.0. The molecule has 2 aromatic carbocycles. The molecule has 2 N–H and O–H groups in total. The van der Waals surface area contributed by atoms with E-state index >= 15 is 0 Å². The van der Waals surface area contributed by atoms with Crippen LogP contribution in [0.5, 0.6) is 0 Å². The molecule has 1 aliphatic heterocycles. The van der Waals surface area contributed by atoms with Gasteiger partial charge >= 0.3 is 0 Å². The average molecular weight is 550 g/mol. The van der Waals surface area contributed by atoms with E-state index < -0.39 is 0 Å². The minimum Gasteiger partial charge on any atom is -0.352 e. The molecule has 32 heavy (non-hydrogen) atoms. The monoisotopic (exact) mass is 549 g/mol. The third kappa shape index (κ3) is 7.20. The lowest BCUT2D eigenvalue weighted by Crippen LogP contribution is -2.36. The Morgan fingerprint density at radius 1 is 1.06 bits per heavy atom. The fourth-order valence-corrected chi connectivity index (χ4v) is 3.64. The van der Waals surface area contributed by atoms with Crippen LogP contribution in [-0.4, -0.2) is 43.4 Å². The molecule has 174 valence electrons. The molecule has 0 bridgehead atoms. The van der Waals surface area contributed by atoms with Crippen LogP contribution in [0.4, 0.5) is 5.69 Å². The van der Waals surface area contributed by atoms with Crippen LogP contribution in [0.1, 0.15) is 43.4 Å². The van der Waals surface area contributed by atoms with Gasteiger partial charge in [-0.05, 0) is 56.1 Å². The molecule has 0 aliphatic carbocycles. The van der Waals surface area contributed by atoms with Gasteiger partial charge in [-0.2, -0.15) is 0 Å². The Labute approximate surface area is 209 Å². The van der Waals surface area contributed by atoms with Crippen LogP contribution in [0.2, 0.25) is 0 Å². The Morgan fingerprint density at radius 2 is 1.72 bits per heavy atom. The molecule has 0 radical (unpaired) electrons. The molecule has 6 nitrogen and oxygen atoms in total. The van der Waals surface area contributed by atoms with Crippen LogP contribution >= 0.6 is 24.0 Å². The third-order valence-electron chi connectivity index (χ3n) is 5.87. The van der Waals surface area contributed by atoms with Crippen molar-refractivity contribution in [3.8, 4) is 0 Å². The van der Waals surface area contributed by atoms with Crippen LogP contribution in [0.15, 0.2) is 53.5 Å². The van der Waals surface area contributed by atoms with E-state index in [1.54, 1.807) is 7.05 Å². The summed E-state index contributed by atoms with van der Waals surface area (Å²) in [5.41, 5.74) is 4.74. The van der Waals surface area contributed by atoms with Crippen molar-refractivity contribution in [3.63, 3.8) is 0 Å². The van der Waals surface area contributed by atoms with E-state index in [-0.39, 0.29) is 29.9 Å². The van der Waals surface area contributed by atoms with Crippen LogP contribution in [0.3, 0.4) is 0 Å². The lowest BCUT2D eigenvalue weighted by atomic mass is 10.1. The van der Waals surface area contributed by atoms with Crippen LogP contribution in [0.25, 0.3) is 0 Å². The van der Waals surface area contributed by atoms with Gasteiger partial charge in [0.2, 0.25) is 5.91 Å². The summed E-state index contributed by atoms with van der Waals surface area (Å²) in [6, 6.07) is 17.2. The molecule has 0 spiro atoms. The quantitative estimate of drug-likeness (QED) is 0.296. The van der Waals surface area contributed by atoms with Gasteiger partial charge in [0.1, 0.15) is 0 Å². The summed E-state index contributed by atoms with van der Waals surface area (Å²) >= 11 is 0. The molecule has 1 heterocycles. The molecule has 0 atom stereocenters. The summed E-state index contributed by atoms with van der Waals surface area (Å²) in [6.45, 7) is 7.56. The molecule has 1 fully saturated rings. The van der Waals surface area contributed by atoms with Crippen molar-refractivity contribution in [3.05, 3.63) is 65.2 Å². The highest BCUT2D eigenvalue weighted by molar-refractivity contribution is 14.0. The van der Waals surface area contributed by atoms with Gasteiger partial charge in [-0.1, -0.05) is 36.4 Å². The van der Waals surface area contributed by atoms with E-state index in [1.807, 2.05) is 17.0 Å². The van der Waals surface area contributed by atoms with Gasteiger partial charge in [0.25, 0.3) is 0 Å². The Morgan fingerprint density at radius 3 is 2.31 bits per heavy atom. The number of nitrogens with zero attached hydrogens (tertiary/aromatic N) is 3. The van der Waals surface area contributed by atoms with E-state index in [0.717, 1.165) is 43.3 Å². The largest absolute Gasteiger partial charge is 0.352 e. The van der Waals surface area contributed by atoms with Gasteiger partial charge in [0.05, 0.1) is 0 Å². The number of hydrogen-bond donors (Lipinski definition) is 2. The number of rotatable bonds is 8. The van der Waals surface area contributed by atoms with Gasteiger partial charge < -0.3 is 15.5 Å². The molecule has 1 amide bonds. The average Bonchev–Trinajstić information content (AvgIpc) is 3.21. The number of aliphatic imine (C=N–C) groups is 1. The van der Waals surface area contributed by atoms with Gasteiger partial charge in [-0.3, -0.25) is 14.7 Å². The van der Waals surface area contributed by atoms with Crippen molar-refractivity contribution in [2.45, 2.75) is 52.4 Å². The van der Waals surface area contributed by atoms with Crippen molar-refractivity contribution in [2.75, 3.05) is 25.5 Å². The van der Waals surface area contributed by atoms with Crippen LogP contribution in [0, 0.1) is 0 Å². The first kappa shape index (κ1) is 26.1. The molecule has 0 saturated carbocycles. The van der Waals surface area contributed by atoms with Crippen molar-refractivity contribution < 1.29 is 4.79 Å². The maximum atomic E-state index is 11.9. The summed E-state index contributed by atoms with van der Waals surface area (Å²) in [6.07, 6.45) is 1.60. The second-order valence-electron chi connectivity index (χ2n) is 8.37. The minimum atomic E-state index is 0. The molecule has 0 aromatic heterocycles. The number of halogens is 1. The molecule has 7 heteroatoms. The van der Waals surface area contributed by atoms with Gasteiger partial charge in [0, 0.05) is 51.4 Å². The van der Waals surface area contributed by atoms with Crippen molar-refractivity contribution >= 4 is 41.5 Å². The van der Waals surface area contributed by atoms with Crippen molar-refractivity contribution in [1.82, 2.24) is 15.5 Å². The Kier molecular flexibility index (Phi) is 10.4. The van der Waals surface area contributed by atoms with E-state index in [0.29, 0.717) is 19.0 Å². The summed E-state index contributed by atoms with van der Waals surface area (Å²) in [5.74, 6) is 0.987. The topological polar surface area (TPSA) is 60.0 Å². The van der Waals surface area contributed by atoms with E-state index in [9.17, 15) is 4.79 Å². The van der Waals surface area contributed by atoms with Crippen LogP contribution in [-0.2, 0) is 24.4 Å². The maximum Gasteiger partial charge on any atom is 0.227 e. The highest BCUT2D eigenvalue weighted by atomic mass is 127. The number of benzene rings is 2. The zero-order valence-electron chi connectivity index (χ0n) is 19.6. The molecular weight excluding hydrogens is 513 g/mol. The zero-order chi connectivity index (χ0) is 22.2. The number of guanidine groups is 1. The lowest BCUT2D eigenvalue weighted by Gasteiger charge is -2.23. The highest BCUT2D eigenvalue weighted by Crippen LogP contribution is 2.21. The van der Waals surface area contributed by atoms with Crippen molar-refractivity contribution in [2.24, 2.45) is 4.99 Å². The summed E-state index contributed by atoms with van der Waals surface area (Å²) in [7, 11) is 3.94. The zero-order valence-corrected chi connectivity index (χ0v) is 21.9. The fourth-order valence-electron chi connectivity index (χ4n) is 3.64. The van der Waals surface area contributed by atoms with E-state index in [1.165, 1.54) is 11.1 Å². The summed E-state index contributed by atoms with van der Waals surface area (Å²) in [5, 5.41) is 6.81. The molecule has 0 unspecified atom stereocenters. The first-order valence-electron chi connectivity index (χ1n) is 11.1. The Balaban J connectivity index is 0.00000363. The van der Waals surface area contributed by atoms with Crippen LogP contribution < -0.4 is 15.5 Å². The van der Waals surface area contributed by atoms with Gasteiger partial charge in [-0.15, -0.1) is 24.0 Å². The number of carbonyl (C=O) groups excluding carboxylic acids is 1. The number of anilines is 1. The third-order valence-corrected chi connectivity index (χ3v) is 5.87. The summed E-state index contributed by atoms with van der Waals surface area (Å²) < 4.78 is 0. The number of carbonyl (C=O) groups is 1. The fraction of sp³-hybridized carbons (Fsp3) is 0.440. The summed E-state index contributed by atoms with van der Waals surface area (Å²) in [4.78, 5) is 20.5. The molecular formula is C25H36IN5O. The van der Waals surface area contributed by atoms with Gasteiger partial charge in [-0.25, -0.2) is 0 Å². The number of nitrogens with one attached hydrogen (secondary N) is 2. The highest BCUT2D eigenvalue weighted by Gasteiger charge is 2.21. The molecule has 3 rings (SSSR count).